The molecule has 0 atom stereocenters. The molecule has 1 saturated heterocycles. The van der Waals surface area contributed by atoms with Gasteiger partial charge < -0.3 is 9.64 Å². The van der Waals surface area contributed by atoms with Crippen molar-refractivity contribution in [3.63, 3.8) is 0 Å². The molecule has 7 nitrogen and oxygen atoms in total. The molecule has 2 N–H and O–H groups in total. The van der Waals surface area contributed by atoms with E-state index in [0.717, 1.165) is 18.5 Å². The average Bonchev–Trinajstić information content (AvgIpc) is 3.10. The molecule has 1 fully saturated rings. The number of carbonyl (C=O) groups is 3. The van der Waals surface area contributed by atoms with E-state index in [1.165, 1.54) is 18.2 Å². The van der Waals surface area contributed by atoms with Crippen LogP contribution < -0.4 is 15.6 Å². The van der Waals surface area contributed by atoms with Crippen LogP contribution in [0.25, 0.3) is 0 Å². The molecule has 146 valence electrons. The van der Waals surface area contributed by atoms with Crippen molar-refractivity contribution in [1.82, 2.24) is 15.8 Å². The maximum Gasteiger partial charge on any atom is 0.276 e. The van der Waals surface area contributed by atoms with Gasteiger partial charge in [0, 0.05) is 25.1 Å². The summed E-state index contributed by atoms with van der Waals surface area (Å²) in [5.41, 5.74) is 5.76. The first-order valence-corrected chi connectivity index (χ1v) is 8.86. The first kappa shape index (κ1) is 19.3. The van der Waals surface area contributed by atoms with Crippen molar-refractivity contribution in [2.24, 2.45) is 0 Å². The molecule has 1 heterocycles. The Morgan fingerprint density at radius 2 is 1.82 bits per heavy atom. The fourth-order valence-electron chi connectivity index (χ4n) is 2.79. The van der Waals surface area contributed by atoms with Gasteiger partial charge in [-0.2, -0.15) is 0 Å². The third-order valence-electron chi connectivity index (χ3n) is 4.27. The molecule has 0 bridgehead atoms. The number of para-hydroxylation sites is 1. The fraction of sp³-hybridized carbons (Fsp3) is 0.250. The van der Waals surface area contributed by atoms with Crippen LogP contribution in [0.1, 0.15) is 28.8 Å². The lowest BCUT2D eigenvalue weighted by Crippen LogP contribution is -2.43. The number of hydrogen-bond acceptors (Lipinski definition) is 4. The number of rotatable bonds is 6. The van der Waals surface area contributed by atoms with E-state index in [-0.39, 0.29) is 11.7 Å². The Morgan fingerprint density at radius 3 is 2.50 bits per heavy atom. The van der Waals surface area contributed by atoms with Gasteiger partial charge in [-0.05, 0) is 36.2 Å². The number of amides is 3. The highest BCUT2D eigenvalue weighted by atomic mass is 19.1. The Bertz CT molecular complexity index is 870. The smallest absolute Gasteiger partial charge is 0.276 e. The second-order valence-electron chi connectivity index (χ2n) is 6.34. The molecule has 3 amide bonds. The van der Waals surface area contributed by atoms with E-state index >= 15 is 0 Å². The van der Waals surface area contributed by atoms with Crippen molar-refractivity contribution >= 4 is 17.7 Å². The molecule has 0 unspecified atom stereocenters. The molecule has 8 heteroatoms. The summed E-state index contributed by atoms with van der Waals surface area (Å²) in [7, 11) is 0. The Balaban J connectivity index is 1.44. The van der Waals surface area contributed by atoms with Crippen molar-refractivity contribution < 1.29 is 23.5 Å². The summed E-state index contributed by atoms with van der Waals surface area (Å²) in [5.74, 6) is -1.60. The van der Waals surface area contributed by atoms with E-state index in [1.54, 1.807) is 35.2 Å². The van der Waals surface area contributed by atoms with E-state index in [4.69, 9.17) is 4.74 Å². The van der Waals surface area contributed by atoms with Crippen LogP contribution in [0.3, 0.4) is 0 Å². The Labute approximate surface area is 161 Å². The van der Waals surface area contributed by atoms with Crippen LogP contribution in [0.2, 0.25) is 0 Å². The third kappa shape index (κ3) is 5.06. The summed E-state index contributed by atoms with van der Waals surface area (Å²) >= 11 is 0. The zero-order valence-corrected chi connectivity index (χ0v) is 15.1. The van der Waals surface area contributed by atoms with Crippen LogP contribution in [0.5, 0.6) is 5.75 Å². The van der Waals surface area contributed by atoms with Gasteiger partial charge in [0.1, 0.15) is 0 Å². The number of benzene rings is 2. The maximum atomic E-state index is 13.4. The number of ether oxygens (including phenoxy) is 1. The van der Waals surface area contributed by atoms with Gasteiger partial charge in [0.2, 0.25) is 5.91 Å². The van der Waals surface area contributed by atoms with E-state index < -0.39 is 24.2 Å². The number of nitrogens with zero attached hydrogens (tertiary/aromatic N) is 1. The number of carbonyl (C=O) groups excluding carboxylic acids is 3. The SMILES string of the molecule is O=C(COc1ccccc1F)NNC(=O)c1ccc(CN2CCCC2=O)cc1. The topological polar surface area (TPSA) is 87.7 Å². The molecular weight excluding hydrogens is 365 g/mol. The lowest BCUT2D eigenvalue weighted by atomic mass is 10.1. The van der Waals surface area contributed by atoms with Gasteiger partial charge in [-0.1, -0.05) is 24.3 Å². The van der Waals surface area contributed by atoms with E-state index in [9.17, 15) is 18.8 Å². The molecule has 1 aliphatic heterocycles. The number of halogens is 1. The van der Waals surface area contributed by atoms with Crippen LogP contribution in [-0.2, 0) is 16.1 Å². The Hall–Kier alpha value is -3.42. The molecule has 0 radical (unpaired) electrons. The number of hydrazine groups is 1. The number of nitrogens with one attached hydrogen (secondary N) is 2. The standard InChI is InChI=1S/C20H20FN3O4/c21-16-4-1-2-5-17(16)28-13-18(25)22-23-20(27)15-9-7-14(8-10-15)12-24-11-3-6-19(24)26/h1-2,4-5,7-10H,3,6,11-13H2,(H,22,25)(H,23,27). The van der Waals surface area contributed by atoms with Crippen molar-refractivity contribution in [2.75, 3.05) is 13.2 Å². The molecule has 1 aliphatic rings. The monoisotopic (exact) mass is 385 g/mol. The molecule has 0 aliphatic carbocycles. The highest BCUT2D eigenvalue weighted by Crippen LogP contribution is 2.15. The van der Waals surface area contributed by atoms with Gasteiger partial charge in [-0.15, -0.1) is 0 Å². The molecule has 0 aromatic heterocycles. The largest absolute Gasteiger partial charge is 0.481 e. The molecule has 2 aromatic carbocycles. The summed E-state index contributed by atoms with van der Waals surface area (Å²) < 4.78 is 18.5. The molecule has 28 heavy (non-hydrogen) atoms. The summed E-state index contributed by atoms with van der Waals surface area (Å²) in [5, 5.41) is 0. The van der Waals surface area contributed by atoms with Crippen molar-refractivity contribution in [3.8, 4) is 5.75 Å². The number of hydrogen-bond donors (Lipinski definition) is 2. The van der Waals surface area contributed by atoms with E-state index in [1.807, 2.05) is 0 Å². The maximum absolute atomic E-state index is 13.4. The predicted octanol–water partition coefficient (Wildman–Crippen LogP) is 1.79. The van der Waals surface area contributed by atoms with Gasteiger partial charge in [-0.25, -0.2) is 4.39 Å². The Kier molecular flexibility index (Phi) is 6.21. The van der Waals surface area contributed by atoms with Crippen LogP contribution >= 0.6 is 0 Å². The van der Waals surface area contributed by atoms with Gasteiger partial charge in [-0.3, -0.25) is 25.2 Å². The van der Waals surface area contributed by atoms with Crippen molar-refractivity contribution in [2.45, 2.75) is 19.4 Å². The quantitative estimate of drug-likeness (QED) is 0.742. The first-order chi connectivity index (χ1) is 13.5. The van der Waals surface area contributed by atoms with Crippen LogP contribution in [0, 0.1) is 5.82 Å². The molecule has 2 aromatic rings. The molecule has 0 spiro atoms. The first-order valence-electron chi connectivity index (χ1n) is 8.86. The van der Waals surface area contributed by atoms with E-state index in [0.29, 0.717) is 18.5 Å². The summed E-state index contributed by atoms with van der Waals surface area (Å²) in [4.78, 5) is 37.3. The number of likely N-dealkylation sites (tertiary alicyclic amines) is 1. The molecular formula is C20H20FN3O4. The lowest BCUT2D eigenvalue weighted by Gasteiger charge is -2.15. The van der Waals surface area contributed by atoms with Crippen LogP contribution in [0.4, 0.5) is 4.39 Å². The summed E-state index contributed by atoms with van der Waals surface area (Å²) in [6.45, 7) is 0.830. The lowest BCUT2D eigenvalue weighted by molar-refractivity contribution is -0.128. The average molecular weight is 385 g/mol. The zero-order chi connectivity index (χ0) is 19.9. The minimum absolute atomic E-state index is 0.0453. The van der Waals surface area contributed by atoms with Crippen LogP contribution in [-0.4, -0.2) is 35.8 Å². The van der Waals surface area contributed by atoms with Crippen molar-refractivity contribution in [1.29, 1.82) is 0 Å². The van der Waals surface area contributed by atoms with Gasteiger partial charge in [0.25, 0.3) is 11.8 Å². The normalized spacial score (nSPS) is 13.3. The Morgan fingerprint density at radius 1 is 1.07 bits per heavy atom. The zero-order valence-electron chi connectivity index (χ0n) is 15.1. The minimum Gasteiger partial charge on any atom is -0.481 e. The predicted molar refractivity (Wildman–Crippen MR) is 98.6 cm³/mol. The molecule has 0 saturated carbocycles. The van der Waals surface area contributed by atoms with Crippen molar-refractivity contribution in [3.05, 3.63) is 65.5 Å². The third-order valence-corrected chi connectivity index (χ3v) is 4.27. The summed E-state index contributed by atoms with van der Waals surface area (Å²) in [6.07, 6.45) is 1.46. The highest BCUT2D eigenvalue weighted by molar-refractivity contribution is 5.95. The van der Waals surface area contributed by atoms with Crippen LogP contribution in [0.15, 0.2) is 48.5 Å². The fourth-order valence-corrected chi connectivity index (χ4v) is 2.79. The minimum atomic E-state index is -0.624. The van der Waals surface area contributed by atoms with E-state index in [2.05, 4.69) is 10.9 Å². The highest BCUT2D eigenvalue weighted by Gasteiger charge is 2.20. The van der Waals surface area contributed by atoms with Gasteiger partial charge >= 0.3 is 0 Å². The molecule has 3 rings (SSSR count). The second-order valence-corrected chi connectivity index (χ2v) is 6.34. The summed E-state index contributed by atoms with van der Waals surface area (Å²) in [6, 6.07) is 12.5. The van der Waals surface area contributed by atoms with Gasteiger partial charge in [0.05, 0.1) is 0 Å². The second kappa shape index (κ2) is 8.98. The van der Waals surface area contributed by atoms with Gasteiger partial charge in [0.15, 0.2) is 18.2 Å².